The second-order valence-electron chi connectivity index (χ2n) is 9.87. The van der Waals surface area contributed by atoms with Crippen molar-refractivity contribution in [2.75, 3.05) is 13.1 Å². The van der Waals surface area contributed by atoms with E-state index in [2.05, 4.69) is 19.8 Å². The third-order valence-electron chi connectivity index (χ3n) is 7.30. The summed E-state index contributed by atoms with van der Waals surface area (Å²) >= 11 is 0. The molecule has 6 nitrogen and oxygen atoms in total. The average molecular weight is 502 g/mol. The van der Waals surface area contributed by atoms with Crippen molar-refractivity contribution in [1.82, 2.24) is 15.0 Å². The van der Waals surface area contributed by atoms with Crippen LogP contribution in [0.3, 0.4) is 0 Å². The summed E-state index contributed by atoms with van der Waals surface area (Å²) in [5.74, 6) is 1.01. The summed E-state index contributed by atoms with van der Waals surface area (Å²) in [7, 11) is 0. The Bertz CT molecular complexity index is 1110. The lowest BCUT2D eigenvalue weighted by Gasteiger charge is -2.41. The number of ether oxygens (including phenoxy) is 1. The van der Waals surface area contributed by atoms with Crippen LogP contribution >= 0.6 is 0 Å². The van der Waals surface area contributed by atoms with Crippen molar-refractivity contribution in [2.45, 2.75) is 63.0 Å². The van der Waals surface area contributed by atoms with E-state index in [-0.39, 0.29) is 23.5 Å². The van der Waals surface area contributed by atoms with Crippen LogP contribution in [-0.4, -0.2) is 45.8 Å². The first kappa shape index (κ1) is 24.8. The van der Waals surface area contributed by atoms with Crippen LogP contribution in [0.4, 0.5) is 13.2 Å². The van der Waals surface area contributed by atoms with E-state index < -0.39 is 12.6 Å². The molecule has 1 N–H and O–H groups in total. The van der Waals surface area contributed by atoms with Gasteiger partial charge in [-0.3, -0.25) is 4.90 Å². The fraction of sp³-hybridized carbons (Fsp3) is 0.481. The van der Waals surface area contributed by atoms with Crippen LogP contribution in [0.25, 0.3) is 0 Å². The Labute approximate surface area is 208 Å². The maximum atomic E-state index is 12.6. The standard InChI is InChI=1S/C27H30F3N3O3/c28-27(29,30)35-23-12-10-19(11-13-23)21-15-22(17-33(16-21)26(34)20-8-4-5-9-20)25-31-24(32-36-25)14-18-6-2-1-3-7-18/h1-3,6-7,10-13,20-22,26,34H,4-5,8-9,14-17H2. The number of alkyl halides is 3. The van der Waals surface area contributed by atoms with Gasteiger partial charge >= 0.3 is 6.36 Å². The first-order chi connectivity index (χ1) is 17.3. The summed E-state index contributed by atoms with van der Waals surface area (Å²) in [6.45, 7) is 1.20. The van der Waals surface area contributed by atoms with E-state index >= 15 is 0 Å². The summed E-state index contributed by atoms with van der Waals surface area (Å²) in [4.78, 5) is 6.75. The van der Waals surface area contributed by atoms with Crippen LogP contribution in [0, 0.1) is 5.92 Å². The summed E-state index contributed by atoms with van der Waals surface area (Å²) in [6, 6.07) is 15.9. The van der Waals surface area contributed by atoms with Crippen LogP contribution in [0.1, 0.15) is 66.8 Å². The summed E-state index contributed by atoms with van der Waals surface area (Å²) in [5, 5.41) is 15.4. The van der Waals surface area contributed by atoms with Gasteiger partial charge in [-0.05, 0) is 54.4 Å². The van der Waals surface area contributed by atoms with Gasteiger partial charge in [-0.2, -0.15) is 4.98 Å². The maximum Gasteiger partial charge on any atom is 0.573 e. The third-order valence-corrected chi connectivity index (χ3v) is 7.30. The number of nitrogens with zero attached hydrogens (tertiary/aromatic N) is 3. The zero-order valence-corrected chi connectivity index (χ0v) is 19.9. The van der Waals surface area contributed by atoms with Gasteiger partial charge in [0.15, 0.2) is 5.82 Å². The molecule has 1 saturated heterocycles. The van der Waals surface area contributed by atoms with Gasteiger partial charge in [0.25, 0.3) is 0 Å². The number of halogens is 3. The SMILES string of the molecule is OC(C1CCCC1)N1CC(c2ccc(OC(F)(F)F)cc2)CC(c2nc(Cc3ccccc3)no2)C1. The quantitative estimate of drug-likeness (QED) is 0.452. The molecule has 2 aromatic carbocycles. The third kappa shape index (κ3) is 6.07. The molecular formula is C27H30F3N3O3. The Morgan fingerprint density at radius 1 is 1.00 bits per heavy atom. The fourth-order valence-corrected chi connectivity index (χ4v) is 5.55. The number of aliphatic hydroxyl groups is 1. The lowest BCUT2D eigenvalue weighted by molar-refractivity contribution is -0.274. The van der Waals surface area contributed by atoms with E-state index in [1.54, 1.807) is 12.1 Å². The van der Waals surface area contributed by atoms with E-state index in [0.717, 1.165) is 36.8 Å². The number of hydrogen-bond acceptors (Lipinski definition) is 6. The zero-order chi connectivity index (χ0) is 25.1. The average Bonchev–Trinajstić information content (AvgIpc) is 3.56. The van der Waals surface area contributed by atoms with Gasteiger partial charge in [-0.1, -0.05) is 60.5 Å². The highest BCUT2D eigenvalue weighted by molar-refractivity contribution is 5.30. The Morgan fingerprint density at radius 2 is 1.69 bits per heavy atom. The molecule has 2 fully saturated rings. The molecule has 2 heterocycles. The molecule has 0 radical (unpaired) electrons. The van der Waals surface area contributed by atoms with Crippen LogP contribution < -0.4 is 4.74 Å². The Kier molecular flexibility index (Phi) is 7.29. The summed E-state index contributed by atoms with van der Waals surface area (Å²) in [5.41, 5.74) is 1.98. The minimum atomic E-state index is -4.73. The van der Waals surface area contributed by atoms with Gasteiger partial charge in [-0.15, -0.1) is 13.2 Å². The van der Waals surface area contributed by atoms with Crippen molar-refractivity contribution in [3.63, 3.8) is 0 Å². The number of aromatic nitrogens is 2. The largest absolute Gasteiger partial charge is 0.573 e. The molecule has 1 saturated carbocycles. The van der Waals surface area contributed by atoms with Crippen molar-refractivity contribution in [1.29, 1.82) is 0 Å². The molecule has 3 unspecified atom stereocenters. The van der Waals surface area contributed by atoms with E-state index in [1.165, 1.54) is 12.1 Å². The molecule has 0 spiro atoms. The van der Waals surface area contributed by atoms with Crippen LogP contribution in [0.15, 0.2) is 59.1 Å². The van der Waals surface area contributed by atoms with E-state index in [1.807, 2.05) is 30.3 Å². The topological polar surface area (TPSA) is 71.6 Å². The van der Waals surface area contributed by atoms with Gasteiger partial charge in [0.1, 0.15) is 12.0 Å². The van der Waals surface area contributed by atoms with E-state index in [0.29, 0.717) is 37.6 Å². The molecule has 3 atom stereocenters. The van der Waals surface area contributed by atoms with Gasteiger partial charge in [0.05, 0.1) is 5.92 Å². The normalized spacial score (nSPS) is 22.6. The van der Waals surface area contributed by atoms with Crippen LogP contribution in [0.2, 0.25) is 0 Å². The summed E-state index contributed by atoms with van der Waals surface area (Å²) < 4.78 is 47.5. The lowest BCUT2D eigenvalue weighted by Crippen LogP contribution is -2.47. The minimum Gasteiger partial charge on any atom is -0.406 e. The molecule has 3 aromatic rings. The maximum absolute atomic E-state index is 12.6. The molecular weight excluding hydrogens is 471 g/mol. The number of aliphatic hydroxyl groups excluding tert-OH is 1. The predicted octanol–water partition coefficient (Wildman–Crippen LogP) is 5.64. The first-order valence-electron chi connectivity index (χ1n) is 12.5. The van der Waals surface area contributed by atoms with Crippen molar-refractivity contribution >= 4 is 0 Å². The highest BCUT2D eigenvalue weighted by Crippen LogP contribution is 2.39. The number of likely N-dealkylation sites (tertiary alicyclic amines) is 1. The molecule has 1 aromatic heterocycles. The molecule has 192 valence electrons. The molecule has 1 aliphatic heterocycles. The van der Waals surface area contributed by atoms with E-state index in [4.69, 9.17) is 4.52 Å². The highest BCUT2D eigenvalue weighted by Gasteiger charge is 2.38. The number of rotatable bonds is 7. The van der Waals surface area contributed by atoms with Crippen molar-refractivity contribution < 1.29 is 27.5 Å². The lowest BCUT2D eigenvalue weighted by atomic mass is 9.83. The molecule has 36 heavy (non-hydrogen) atoms. The predicted molar refractivity (Wildman–Crippen MR) is 126 cm³/mol. The molecule has 9 heteroatoms. The van der Waals surface area contributed by atoms with Crippen molar-refractivity contribution in [3.8, 4) is 5.75 Å². The second-order valence-corrected chi connectivity index (χ2v) is 9.87. The Balaban J connectivity index is 1.35. The van der Waals surface area contributed by atoms with E-state index in [9.17, 15) is 18.3 Å². The number of hydrogen-bond donors (Lipinski definition) is 1. The van der Waals surface area contributed by atoms with Gasteiger partial charge in [0, 0.05) is 19.5 Å². The van der Waals surface area contributed by atoms with Gasteiger partial charge in [-0.25, -0.2) is 0 Å². The van der Waals surface area contributed by atoms with Crippen LogP contribution in [-0.2, 0) is 6.42 Å². The van der Waals surface area contributed by atoms with Gasteiger partial charge in [0.2, 0.25) is 5.89 Å². The molecule has 0 amide bonds. The van der Waals surface area contributed by atoms with Crippen molar-refractivity contribution in [2.24, 2.45) is 5.92 Å². The number of benzene rings is 2. The minimum absolute atomic E-state index is 0.00999. The smallest absolute Gasteiger partial charge is 0.406 e. The monoisotopic (exact) mass is 501 g/mol. The fourth-order valence-electron chi connectivity index (χ4n) is 5.55. The second kappa shape index (κ2) is 10.6. The number of piperidine rings is 1. The Hall–Kier alpha value is -2.91. The van der Waals surface area contributed by atoms with Crippen LogP contribution in [0.5, 0.6) is 5.75 Å². The molecule has 0 bridgehead atoms. The molecule has 2 aliphatic rings. The highest BCUT2D eigenvalue weighted by atomic mass is 19.4. The van der Waals surface area contributed by atoms with Gasteiger partial charge < -0.3 is 14.4 Å². The van der Waals surface area contributed by atoms with Crippen molar-refractivity contribution in [3.05, 3.63) is 77.4 Å². The molecule has 5 rings (SSSR count). The summed E-state index contributed by atoms with van der Waals surface area (Å²) in [6.07, 6.45) is 0.199. The zero-order valence-electron chi connectivity index (χ0n) is 19.9. The first-order valence-corrected chi connectivity index (χ1v) is 12.5. The Morgan fingerprint density at radius 3 is 2.39 bits per heavy atom. The molecule has 1 aliphatic carbocycles.